The van der Waals surface area contributed by atoms with Gasteiger partial charge in [-0.25, -0.2) is 9.98 Å². The lowest BCUT2D eigenvalue weighted by molar-refractivity contribution is -0.114. The number of guanidine groups is 1. The average Bonchev–Trinajstić information content (AvgIpc) is 2.88. The fourth-order valence-corrected chi connectivity index (χ4v) is 2.24. The summed E-state index contributed by atoms with van der Waals surface area (Å²) in [5.74, 6) is 2.05. The van der Waals surface area contributed by atoms with E-state index < -0.39 is 0 Å². The first-order valence-electron chi connectivity index (χ1n) is 8.29. The number of anilines is 1. The lowest BCUT2D eigenvalue weighted by Gasteiger charge is -2.10. The number of carbonyl (C=O) groups excluding carboxylic acids is 1. The Kier molecular flexibility index (Phi) is 6.56. The predicted molar refractivity (Wildman–Crippen MR) is 98.4 cm³/mol. The number of benzene rings is 1. The maximum atomic E-state index is 11.1. The normalized spacial score (nSPS) is 11.3. The Hall–Kier alpha value is -2.83. The van der Waals surface area contributed by atoms with Gasteiger partial charge in [0.05, 0.1) is 18.8 Å². The Balaban J connectivity index is 2.00. The number of aliphatic imine (C=N–C) groups is 1. The van der Waals surface area contributed by atoms with Crippen LogP contribution in [0, 0.1) is 13.8 Å². The molecule has 0 bridgehead atoms. The van der Waals surface area contributed by atoms with Gasteiger partial charge in [-0.2, -0.15) is 0 Å². The molecule has 2 rings (SSSR count). The second kappa shape index (κ2) is 8.86. The summed E-state index contributed by atoms with van der Waals surface area (Å²) in [6.45, 7) is 9.02. The maximum Gasteiger partial charge on any atom is 0.221 e. The third-order valence-electron chi connectivity index (χ3n) is 3.49. The lowest BCUT2D eigenvalue weighted by atomic mass is 10.2. The number of amides is 1. The van der Waals surface area contributed by atoms with Gasteiger partial charge in [0.2, 0.25) is 11.8 Å². The van der Waals surface area contributed by atoms with Crippen molar-refractivity contribution in [2.24, 2.45) is 4.99 Å². The average molecular weight is 343 g/mol. The molecule has 1 aromatic carbocycles. The van der Waals surface area contributed by atoms with Crippen LogP contribution < -0.4 is 16.0 Å². The molecule has 0 radical (unpaired) electrons. The second-order valence-corrected chi connectivity index (χ2v) is 5.68. The highest BCUT2D eigenvalue weighted by atomic mass is 16.4. The first-order chi connectivity index (χ1) is 12.0. The van der Waals surface area contributed by atoms with Gasteiger partial charge in [-0.15, -0.1) is 0 Å². The molecule has 1 amide bonds. The largest absolute Gasteiger partial charge is 0.444 e. The quantitative estimate of drug-likeness (QED) is 0.554. The van der Waals surface area contributed by atoms with E-state index in [1.54, 1.807) is 0 Å². The van der Waals surface area contributed by atoms with Crippen molar-refractivity contribution in [3.8, 4) is 0 Å². The van der Waals surface area contributed by atoms with Crippen molar-refractivity contribution in [1.29, 1.82) is 0 Å². The zero-order valence-electron chi connectivity index (χ0n) is 15.1. The first-order valence-corrected chi connectivity index (χ1v) is 8.29. The van der Waals surface area contributed by atoms with E-state index in [1.807, 2.05) is 45.0 Å². The van der Waals surface area contributed by atoms with Crippen LogP contribution in [0.5, 0.6) is 0 Å². The van der Waals surface area contributed by atoms with Gasteiger partial charge in [-0.3, -0.25) is 4.79 Å². The highest BCUT2D eigenvalue weighted by Crippen LogP contribution is 2.11. The van der Waals surface area contributed by atoms with Crippen molar-refractivity contribution in [1.82, 2.24) is 15.6 Å². The molecule has 1 aromatic heterocycles. The van der Waals surface area contributed by atoms with E-state index >= 15 is 0 Å². The summed E-state index contributed by atoms with van der Waals surface area (Å²) in [6.07, 6.45) is 0. The molecule has 2 aromatic rings. The monoisotopic (exact) mass is 343 g/mol. The molecule has 0 unspecified atom stereocenters. The van der Waals surface area contributed by atoms with Crippen LogP contribution in [-0.2, 0) is 17.9 Å². The summed E-state index contributed by atoms with van der Waals surface area (Å²) in [7, 11) is 0. The van der Waals surface area contributed by atoms with E-state index in [-0.39, 0.29) is 5.91 Å². The molecule has 7 nitrogen and oxygen atoms in total. The number of nitrogens with zero attached hydrogens (tertiary/aromatic N) is 2. The van der Waals surface area contributed by atoms with Gasteiger partial charge in [0.25, 0.3) is 0 Å². The molecule has 0 atom stereocenters. The third-order valence-corrected chi connectivity index (χ3v) is 3.49. The van der Waals surface area contributed by atoms with E-state index in [9.17, 15) is 4.79 Å². The number of hydrogen-bond acceptors (Lipinski definition) is 4. The SMILES string of the molecule is CCNC(=NCc1cccc(NC(C)=O)c1)NCc1nc(C)c(C)o1. The van der Waals surface area contributed by atoms with Crippen LogP contribution in [0.3, 0.4) is 0 Å². The number of rotatable bonds is 6. The highest BCUT2D eigenvalue weighted by molar-refractivity contribution is 5.88. The number of oxazole rings is 1. The number of nitrogens with one attached hydrogen (secondary N) is 3. The molecule has 0 aliphatic carbocycles. The van der Waals surface area contributed by atoms with Crippen LogP contribution in [0.1, 0.15) is 36.8 Å². The second-order valence-electron chi connectivity index (χ2n) is 5.68. The Morgan fingerprint density at radius 2 is 2.08 bits per heavy atom. The minimum atomic E-state index is -0.0906. The summed E-state index contributed by atoms with van der Waals surface area (Å²) < 4.78 is 5.56. The third kappa shape index (κ3) is 5.95. The van der Waals surface area contributed by atoms with Gasteiger partial charge in [-0.05, 0) is 38.5 Å². The molecule has 1 heterocycles. The molecule has 7 heteroatoms. The molecule has 0 aliphatic heterocycles. The number of aryl methyl sites for hydroxylation is 2. The van der Waals surface area contributed by atoms with E-state index in [1.165, 1.54) is 6.92 Å². The summed E-state index contributed by atoms with van der Waals surface area (Å²) in [4.78, 5) is 20.1. The Morgan fingerprint density at radius 1 is 1.28 bits per heavy atom. The first kappa shape index (κ1) is 18.5. The van der Waals surface area contributed by atoms with Crippen LogP contribution in [0.4, 0.5) is 5.69 Å². The van der Waals surface area contributed by atoms with Gasteiger partial charge in [-0.1, -0.05) is 12.1 Å². The van der Waals surface area contributed by atoms with Crippen LogP contribution >= 0.6 is 0 Å². The van der Waals surface area contributed by atoms with E-state index in [2.05, 4.69) is 25.9 Å². The van der Waals surface area contributed by atoms with Crippen LogP contribution in [0.2, 0.25) is 0 Å². The minimum Gasteiger partial charge on any atom is -0.444 e. The summed E-state index contributed by atoms with van der Waals surface area (Å²) >= 11 is 0. The Bertz CT molecular complexity index is 732. The number of carbonyl (C=O) groups is 1. The van der Waals surface area contributed by atoms with Gasteiger partial charge >= 0.3 is 0 Å². The zero-order valence-corrected chi connectivity index (χ0v) is 15.1. The standard InChI is InChI=1S/C18H25N5O2/c1-5-19-18(21-11-17-22-12(2)13(3)25-17)20-10-15-7-6-8-16(9-15)23-14(4)24/h6-9H,5,10-11H2,1-4H3,(H,23,24)(H2,19,20,21). The fraction of sp³-hybridized carbons (Fsp3) is 0.389. The van der Waals surface area contributed by atoms with Gasteiger partial charge in [0.1, 0.15) is 5.76 Å². The molecular weight excluding hydrogens is 318 g/mol. The minimum absolute atomic E-state index is 0.0906. The highest BCUT2D eigenvalue weighted by Gasteiger charge is 2.06. The van der Waals surface area contributed by atoms with E-state index in [4.69, 9.17) is 4.42 Å². The Morgan fingerprint density at radius 3 is 2.72 bits per heavy atom. The van der Waals surface area contributed by atoms with Crippen molar-refractivity contribution in [3.63, 3.8) is 0 Å². The zero-order chi connectivity index (χ0) is 18.2. The molecule has 0 aliphatic rings. The Labute approximate surface area is 147 Å². The summed E-state index contributed by atoms with van der Waals surface area (Å²) in [6, 6.07) is 7.63. The molecule has 0 saturated heterocycles. The molecule has 0 spiro atoms. The molecule has 0 fully saturated rings. The van der Waals surface area contributed by atoms with Crippen molar-refractivity contribution >= 4 is 17.6 Å². The topological polar surface area (TPSA) is 91.5 Å². The predicted octanol–water partition coefficient (Wildman–Crippen LogP) is 2.51. The van der Waals surface area contributed by atoms with Crippen molar-refractivity contribution in [2.75, 3.05) is 11.9 Å². The molecule has 25 heavy (non-hydrogen) atoms. The molecule has 134 valence electrons. The van der Waals surface area contributed by atoms with Crippen molar-refractivity contribution < 1.29 is 9.21 Å². The molecule has 0 saturated carbocycles. The van der Waals surface area contributed by atoms with E-state index in [0.29, 0.717) is 24.9 Å². The van der Waals surface area contributed by atoms with Crippen LogP contribution in [0.25, 0.3) is 0 Å². The van der Waals surface area contributed by atoms with Crippen LogP contribution in [0.15, 0.2) is 33.7 Å². The van der Waals surface area contributed by atoms with Gasteiger partial charge < -0.3 is 20.4 Å². The molecular formula is C18H25N5O2. The van der Waals surface area contributed by atoms with Crippen molar-refractivity contribution in [2.45, 2.75) is 40.8 Å². The number of aromatic nitrogens is 1. The summed E-state index contributed by atoms with van der Waals surface area (Å²) in [5.41, 5.74) is 2.67. The molecule has 3 N–H and O–H groups in total. The van der Waals surface area contributed by atoms with Crippen LogP contribution in [-0.4, -0.2) is 23.4 Å². The fourth-order valence-electron chi connectivity index (χ4n) is 2.24. The summed E-state index contributed by atoms with van der Waals surface area (Å²) in [5, 5.41) is 9.17. The lowest BCUT2D eigenvalue weighted by Crippen LogP contribution is -2.36. The van der Waals surface area contributed by atoms with Crippen molar-refractivity contribution in [3.05, 3.63) is 47.2 Å². The number of hydrogen-bond donors (Lipinski definition) is 3. The smallest absolute Gasteiger partial charge is 0.221 e. The van der Waals surface area contributed by atoms with Gasteiger partial charge in [0.15, 0.2) is 5.96 Å². The van der Waals surface area contributed by atoms with E-state index in [0.717, 1.165) is 29.2 Å². The van der Waals surface area contributed by atoms with Gasteiger partial charge in [0, 0.05) is 19.2 Å². The maximum absolute atomic E-state index is 11.1.